The highest BCUT2D eigenvalue weighted by Gasteiger charge is 2.29. The molecule has 6 nitrogen and oxygen atoms in total. The number of amides is 1. The molecule has 1 aliphatic rings. The fourth-order valence-electron chi connectivity index (χ4n) is 2.28. The molecule has 3 N–H and O–H groups in total. The van der Waals surface area contributed by atoms with Crippen molar-refractivity contribution in [1.82, 2.24) is 0 Å². The van der Waals surface area contributed by atoms with Crippen molar-refractivity contribution >= 4 is 34.8 Å². The molecule has 2 aromatic rings. The number of hydrogen-bond acceptors (Lipinski definition) is 3. The van der Waals surface area contributed by atoms with Gasteiger partial charge in [0.15, 0.2) is 0 Å². The Hall–Kier alpha value is -3.02. The summed E-state index contributed by atoms with van der Waals surface area (Å²) in [5.74, 6) is -1.11. The van der Waals surface area contributed by atoms with Crippen molar-refractivity contribution in [3.05, 3.63) is 48.0 Å². The SMILES string of the molecule is O=C(O)c1cccc2c1Nc1ccccc1N2C(=O)O. The molecule has 0 fully saturated rings. The summed E-state index contributed by atoms with van der Waals surface area (Å²) >= 11 is 0. The van der Waals surface area contributed by atoms with Gasteiger partial charge >= 0.3 is 12.1 Å². The smallest absolute Gasteiger partial charge is 0.416 e. The van der Waals surface area contributed by atoms with Crippen LogP contribution in [0.1, 0.15) is 10.4 Å². The third-order valence-electron chi connectivity index (χ3n) is 3.11. The lowest BCUT2D eigenvalue weighted by atomic mass is 10.1. The molecule has 1 aliphatic heterocycles. The first-order valence-electron chi connectivity index (χ1n) is 5.85. The summed E-state index contributed by atoms with van der Waals surface area (Å²) in [5, 5.41) is 21.6. The highest BCUT2D eigenvalue weighted by atomic mass is 16.4. The van der Waals surface area contributed by atoms with Crippen molar-refractivity contribution in [2.24, 2.45) is 0 Å². The molecule has 20 heavy (non-hydrogen) atoms. The lowest BCUT2D eigenvalue weighted by molar-refractivity contribution is 0.0698. The number of nitrogens with one attached hydrogen (secondary N) is 1. The van der Waals surface area contributed by atoms with Gasteiger partial charge in [0.2, 0.25) is 0 Å². The Bertz CT molecular complexity index is 727. The lowest BCUT2D eigenvalue weighted by Crippen LogP contribution is -2.28. The maximum atomic E-state index is 11.5. The molecule has 3 rings (SSSR count). The quantitative estimate of drug-likeness (QED) is 0.740. The average molecular weight is 270 g/mol. The van der Waals surface area contributed by atoms with Gasteiger partial charge in [-0.1, -0.05) is 18.2 Å². The highest BCUT2D eigenvalue weighted by molar-refractivity contribution is 6.10. The van der Waals surface area contributed by atoms with E-state index >= 15 is 0 Å². The number of hydrogen-bond donors (Lipinski definition) is 3. The lowest BCUT2D eigenvalue weighted by Gasteiger charge is -2.30. The molecule has 0 saturated heterocycles. The van der Waals surface area contributed by atoms with Crippen LogP contribution in [0.5, 0.6) is 0 Å². The van der Waals surface area contributed by atoms with Crippen molar-refractivity contribution in [1.29, 1.82) is 0 Å². The maximum Gasteiger partial charge on any atom is 0.416 e. The fourth-order valence-corrected chi connectivity index (χ4v) is 2.28. The molecular formula is C14H10N2O4. The van der Waals surface area contributed by atoms with E-state index in [1.165, 1.54) is 12.1 Å². The van der Waals surface area contributed by atoms with Gasteiger partial charge in [-0.25, -0.2) is 14.5 Å². The first kappa shape index (κ1) is 12.0. The van der Waals surface area contributed by atoms with Gasteiger partial charge in [-0.3, -0.25) is 0 Å². The normalized spacial score (nSPS) is 12.1. The molecule has 0 atom stereocenters. The van der Waals surface area contributed by atoms with Gasteiger partial charge in [-0.05, 0) is 24.3 Å². The van der Waals surface area contributed by atoms with Crippen LogP contribution in [0.3, 0.4) is 0 Å². The topological polar surface area (TPSA) is 89.9 Å². The van der Waals surface area contributed by atoms with E-state index in [4.69, 9.17) is 0 Å². The van der Waals surface area contributed by atoms with Gasteiger partial charge < -0.3 is 15.5 Å². The van der Waals surface area contributed by atoms with Gasteiger partial charge in [-0.2, -0.15) is 0 Å². The predicted molar refractivity (Wildman–Crippen MR) is 73.3 cm³/mol. The van der Waals surface area contributed by atoms with E-state index in [1.54, 1.807) is 30.3 Å². The van der Waals surface area contributed by atoms with E-state index < -0.39 is 12.1 Å². The highest BCUT2D eigenvalue weighted by Crippen LogP contribution is 2.44. The van der Waals surface area contributed by atoms with E-state index in [2.05, 4.69) is 5.32 Å². The molecule has 0 aromatic heterocycles. The first-order chi connectivity index (χ1) is 9.59. The predicted octanol–water partition coefficient (Wildman–Crippen LogP) is 3.26. The monoisotopic (exact) mass is 270 g/mol. The molecule has 0 spiro atoms. The molecule has 100 valence electrons. The molecule has 0 bridgehead atoms. The second kappa shape index (κ2) is 4.27. The van der Waals surface area contributed by atoms with Gasteiger partial charge in [0.1, 0.15) is 0 Å². The van der Waals surface area contributed by atoms with Crippen LogP contribution >= 0.6 is 0 Å². The van der Waals surface area contributed by atoms with Crippen LogP contribution in [-0.4, -0.2) is 22.3 Å². The number of benzene rings is 2. The fraction of sp³-hybridized carbons (Fsp3) is 0. The molecule has 0 unspecified atom stereocenters. The minimum atomic E-state index is -1.16. The maximum absolute atomic E-state index is 11.5. The summed E-state index contributed by atoms with van der Waals surface area (Å²) in [6.07, 6.45) is -1.16. The minimum absolute atomic E-state index is 0.0308. The molecule has 1 amide bonds. The van der Waals surface area contributed by atoms with Crippen LogP contribution in [0.2, 0.25) is 0 Å². The van der Waals surface area contributed by atoms with E-state index in [1.807, 2.05) is 0 Å². The number of fused-ring (bicyclic) bond motifs is 2. The minimum Gasteiger partial charge on any atom is -0.478 e. The second-order valence-electron chi connectivity index (χ2n) is 4.26. The number of anilines is 4. The van der Waals surface area contributed by atoms with Crippen molar-refractivity contribution in [2.75, 3.05) is 10.2 Å². The molecular weight excluding hydrogens is 260 g/mol. The van der Waals surface area contributed by atoms with Crippen LogP contribution < -0.4 is 10.2 Å². The molecule has 6 heteroatoms. The zero-order valence-electron chi connectivity index (χ0n) is 10.2. The number of carboxylic acids is 1. The van der Waals surface area contributed by atoms with Crippen molar-refractivity contribution in [3.8, 4) is 0 Å². The third-order valence-corrected chi connectivity index (χ3v) is 3.11. The van der Waals surface area contributed by atoms with Gasteiger partial charge in [0.25, 0.3) is 0 Å². The van der Waals surface area contributed by atoms with Gasteiger partial charge in [0.05, 0.1) is 28.3 Å². The number of para-hydroxylation sites is 3. The van der Waals surface area contributed by atoms with Gasteiger partial charge in [-0.15, -0.1) is 0 Å². The van der Waals surface area contributed by atoms with Crippen LogP contribution in [0.15, 0.2) is 42.5 Å². The van der Waals surface area contributed by atoms with Crippen LogP contribution in [-0.2, 0) is 0 Å². The molecule has 1 heterocycles. The molecule has 0 aliphatic carbocycles. The number of carbonyl (C=O) groups is 2. The Labute approximate surface area is 113 Å². The average Bonchev–Trinajstić information content (AvgIpc) is 2.43. The van der Waals surface area contributed by atoms with E-state index in [9.17, 15) is 19.8 Å². The third kappa shape index (κ3) is 1.66. The van der Waals surface area contributed by atoms with Crippen molar-refractivity contribution in [2.45, 2.75) is 0 Å². The van der Waals surface area contributed by atoms with E-state index in [0.717, 1.165) is 4.90 Å². The second-order valence-corrected chi connectivity index (χ2v) is 4.26. The molecule has 0 saturated carbocycles. The summed E-state index contributed by atoms with van der Waals surface area (Å²) in [7, 11) is 0. The van der Waals surface area contributed by atoms with Crippen LogP contribution in [0, 0.1) is 0 Å². The number of carboxylic acid groups (broad SMARTS) is 2. The Morgan fingerprint density at radius 3 is 2.35 bits per heavy atom. The number of nitrogens with zero attached hydrogens (tertiary/aromatic N) is 1. The molecule has 0 radical (unpaired) electrons. The summed E-state index contributed by atoms with van der Waals surface area (Å²) < 4.78 is 0. The standard InChI is InChI=1S/C14H10N2O4/c17-13(18)8-4-3-7-11-12(8)15-9-5-1-2-6-10(9)16(11)14(19)20/h1-7,15H,(H,17,18)(H,19,20). The first-order valence-corrected chi connectivity index (χ1v) is 5.85. The summed E-state index contributed by atoms with van der Waals surface area (Å²) in [6.45, 7) is 0. The Morgan fingerprint density at radius 1 is 0.950 bits per heavy atom. The van der Waals surface area contributed by atoms with E-state index in [-0.39, 0.29) is 11.3 Å². The van der Waals surface area contributed by atoms with Crippen LogP contribution in [0.4, 0.5) is 27.5 Å². The summed E-state index contributed by atoms with van der Waals surface area (Å²) in [6, 6.07) is 11.4. The van der Waals surface area contributed by atoms with Crippen LogP contribution in [0.25, 0.3) is 0 Å². The molecule has 2 aromatic carbocycles. The zero-order chi connectivity index (χ0) is 14.3. The van der Waals surface area contributed by atoms with Crippen molar-refractivity contribution in [3.63, 3.8) is 0 Å². The zero-order valence-corrected chi connectivity index (χ0v) is 10.2. The summed E-state index contributed by atoms with van der Waals surface area (Å²) in [5.41, 5.74) is 1.63. The van der Waals surface area contributed by atoms with Gasteiger partial charge in [0, 0.05) is 0 Å². The number of aromatic carboxylic acids is 1. The Balaban J connectivity index is 2.28. The number of rotatable bonds is 1. The Kier molecular flexibility index (Phi) is 2.57. The summed E-state index contributed by atoms with van der Waals surface area (Å²) in [4.78, 5) is 23.8. The van der Waals surface area contributed by atoms with E-state index in [0.29, 0.717) is 17.1 Å². The van der Waals surface area contributed by atoms with Crippen molar-refractivity contribution < 1.29 is 19.8 Å². The Morgan fingerprint density at radius 2 is 1.65 bits per heavy atom. The largest absolute Gasteiger partial charge is 0.478 e.